The first kappa shape index (κ1) is 13.4. The van der Waals surface area contributed by atoms with Crippen LogP contribution < -0.4 is 10.6 Å². The Balaban J connectivity index is 2.07. The van der Waals surface area contributed by atoms with Gasteiger partial charge in [0.05, 0.1) is 6.61 Å². The molecule has 0 radical (unpaired) electrons. The zero-order chi connectivity index (χ0) is 13.7. The van der Waals surface area contributed by atoms with E-state index in [9.17, 15) is 4.79 Å². The third-order valence-corrected chi connectivity index (χ3v) is 3.27. The standard InChI is InChI=1S/C12H14N4O2S/c1-13-12-16-15-11(19-12)10(17)14-9-5-3-4-8(6-9)7-18-2/h3-6H,7H2,1-2H3,(H,13,16)(H,14,17). The predicted molar refractivity (Wildman–Crippen MR) is 74.6 cm³/mol. The van der Waals surface area contributed by atoms with Gasteiger partial charge in [-0.1, -0.05) is 23.5 Å². The van der Waals surface area contributed by atoms with E-state index in [-0.39, 0.29) is 5.91 Å². The van der Waals surface area contributed by atoms with Gasteiger partial charge in [0, 0.05) is 19.8 Å². The molecule has 1 heterocycles. The summed E-state index contributed by atoms with van der Waals surface area (Å²) < 4.78 is 5.05. The molecule has 0 spiro atoms. The Morgan fingerprint density at radius 1 is 1.42 bits per heavy atom. The lowest BCUT2D eigenvalue weighted by molar-refractivity contribution is 0.102. The number of amides is 1. The maximum atomic E-state index is 12.0. The zero-order valence-electron chi connectivity index (χ0n) is 10.6. The Hall–Kier alpha value is -1.99. The number of methoxy groups -OCH3 is 1. The van der Waals surface area contributed by atoms with Crippen LogP contribution in [-0.4, -0.2) is 30.3 Å². The van der Waals surface area contributed by atoms with Crippen molar-refractivity contribution in [3.05, 3.63) is 34.8 Å². The minimum atomic E-state index is -0.270. The zero-order valence-corrected chi connectivity index (χ0v) is 11.5. The van der Waals surface area contributed by atoms with Crippen molar-refractivity contribution in [3.63, 3.8) is 0 Å². The number of hydrogen-bond acceptors (Lipinski definition) is 6. The summed E-state index contributed by atoms with van der Waals surface area (Å²) in [6.07, 6.45) is 0. The van der Waals surface area contributed by atoms with Gasteiger partial charge in [-0.2, -0.15) is 0 Å². The van der Waals surface area contributed by atoms with E-state index in [1.165, 1.54) is 11.3 Å². The third kappa shape index (κ3) is 3.49. The molecule has 100 valence electrons. The largest absolute Gasteiger partial charge is 0.380 e. The Bertz CT molecular complexity index is 570. The molecule has 2 rings (SSSR count). The van der Waals surface area contributed by atoms with Crippen LogP contribution in [0.4, 0.5) is 10.8 Å². The second kappa shape index (κ2) is 6.26. The summed E-state index contributed by atoms with van der Waals surface area (Å²) >= 11 is 1.20. The molecule has 7 heteroatoms. The number of nitrogens with zero attached hydrogens (tertiary/aromatic N) is 2. The van der Waals surface area contributed by atoms with Crippen molar-refractivity contribution >= 4 is 28.1 Å². The molecule has 0 unspecified atom stereocenters. The number of aromatic nitrogens is 2. The van der Waals surface area contributed by atoms with Crippen molar-refractivity contribution in [3.8, 4) is 0 Å². The molecule has 1 aromatic carbocycles. The van der Waals surface area contributed by atoms with Crippen LogP contribution in [-0.2, 0) is 11.3 Å². The SMILES string of the molecule is CNc1nnc(C(=O)Nc2cccc(COC)c2)s1. The molecular formula is C12H14N4O2S. The van der Waals surface area contributed by atoms with Crippen LogP contribution in [0, 0.1) is 0 Å². The summed E-state index contributed by atoms with van der Waals surface area (Å²) in [5.41, 5.74) is 1.70. The van der Waals surface area contributed by atoms with Crippen molar-refractivity contribution in [1.82, 2.24) is 10.2 Å². The molecule has 0 aliphatic heterocycles. The number of benzene rings is 1. The van der Waals surface area contributed by atoms with Crippen LogP contribution in [0.25, 0.3) is 0 Å². The van der Waals surface area contributed by atoms with E-state index in [1.54, 1.807) is 14.2 Å². The lowest BCUT2D eigenvalue weighted by atomic mass is 10.2. The lowest BCUT2D eigenvalue weighted by Gasteiger charge is -2.05. The monoisotopic (exact) mass is 278 g/mol. The second-order valence-electron chi connectivity index (χ2n) is 3.75. The van der Waals surface area contributed by atoms with Gasteiger partial charge < -0.3 is 15.4 Å². The molecule has 1 amide bonds. The first-order valence-electron chi connectivity index (χ1n) is 5.63. The Morgan fingerprint density at radius 3 is 2.95 bits per heavy atom. The van der Waals surface area contributed by atoms with Crippen molar-refractivity contribution in [2.45, 2.75) is 6.61 Å². The van der Waals surface area contributed by atoms with Crippen LogP contribution in [0.15, 0.2) is 24.3 Å². The van der Waals surface area contributed by atoms with Gasteiger partial charge in [-0.05, 0) is 17.7 Å². The van der Waals surface area contributed by atoms with Crippen LogP contribution >= 0.6 is 11.3 Å². The average molecular weight is 278 g/mol. The molecule has 0 aliphatic rings. The highest BCUT2D eigenvalue weighted by Crippen LogP contribution is 2.17. The average Bonchev–Trinajstić information content (AvgIpc) is 2.88. The number of hydrogen-bond donors (Lipinski definition) is 2. The van der Waals surface area contributed by atoms with Gasteiger partial charge in [0.25, 0.3) is 5.91 Å². The first-order valence-corrected chi connectivity index (χ1v) is 6.45. The highest BCUT2D eigenvalue weighted by atomic mass is 32.1. The number of nitrogens with one attached hydrogen (secondary N) is 2. The van der Waals surface area contributed by atoms with Gasteiger partial charge in [-0.25, -0.2) is 0 Å². The first-order chi connectivity index (χ1) is 9.22. The van der Waals surface area contributed by atoms with Crippen molar-refractivity contribution < 1.29 is 9.53 Å². The highest BCUT2D eigenvalue weighted by molar-refractivity contribution is 7.17. The van der Waals surface area contributed by atoms with Crippen LogP contribution in [0.5, 0.6) is 0 Å². The Kier molecular flexibility index (Phi) is 4.43. The topological polar surface area (TPSA) is 76.1 Å². The van der Waals surface area contributed by atoms with Gasteiger partial charge in [0.2, 0.25) is 10.1 Å². The summed E-state index contributed by atoms with van der Waals surface area (Å²) in [6, 6.07) is 7.48. The number of carbonyl (C=O) groups excluding carboxylic acids is 1. The van der Waals surface area contributed by atoms with Crippen LogP contribution in [0.3, 0.4) is 0 Å². The molecule has 1 aromatic heterocycles. The van der Waals surface area contributed by atoms with Gasteiger partial charge in [-0.15, -0.1) is 10.2 Å². The van der Waals surface area contributed by atoms with Crippen LogP contribution in [0.1, 0.15) is 15.4 Å². The molecule has 19 heavy (non-hydrogen) atoms. The van der Waals surface area contributed by atoms with Gasteiger partial charge in [0.15, 0.2) is 0 Å². The highest BCUT2D eigenvalue weighted by Gasteiger charge is 2.12. The molecular weight excluding hydrogens is 264 g/mol. The quantitative estimate of drug-likeness (QED) is 0.874. The fourth-order valence-corrected chi connectivity index (χ4v) is 2.10. The van der Waals surface area contributed by atoms with E-state index >= 15 is 0 Å². The van der Waals surface area contributed by atoms with E-state index < -0.39 is 0 Å². The van der Waals surface area contributed by atoms with E-state index in [0.29, 0.717) is 22.4 Å². The fourth-order valence-electron chi connectivity index (χ4n) is 1.51. The number of rotatable bonds is 5. The summed E-state index contributed by atoms with van der Waals surface area (Å²) in [4.78, 5) is 12.0. The predicted octanol–water partition coefficient (Wildman–Crippen LogP) is 1.98. The number of anilines is 2. The molecule has 0 fully saturated rings. The molecule has 0 saturated heterocycles. The lowest BCUT2D eigenvalue weighted by Crippen LogP contribution is -2.11. The minimum absolute atomic E-state index is 0.270. The number of ether oxygens (including phenoxy) is 1. The molecule has 0 aliphatic carbocycles. The van der Waals surface area contributed by atoms with Crippen molar-refractivity contribution in [2.24, 2.45) is 0 Å². The summed E-state index contributed by atoms with van der Waals surface area (Å²) in [5, 5.41) is 14.2. The molecule has 0 saturated carbocycles. The molecule has 6 nitrogen and oxygen atoms in total. The Labute approximate surface area is 114 Å². The van der Waals surface area contributed by atoms with E-state index in [4.69, 9.17) is 4.74 Å². The normalized spacial score (nSPS) is 10.2. The molecule has 2 N–H and O–H groups in total. The van der Waals surface area contributed by atoms with E-state index in [1.807, 2.05) is 24.3 Å². The summed E-state index contributed by atoms with van der Waals surface area (Å²) in [6.45, 7) is 0.506. The smallest absolute Gasteiger partial charge is 0.286 e. The molecule has 2 aromatic rings. The van der Waals surface area contributed by atoms with Crippen molar-refractivity contribution in [1.29, 1.82) is 0 Å². The Morgan fingerprint density at radius 2 is 2.26 bits per heavy atom. The maximum absolute atomic E-state index is 12.0. The fraction of sp³-hybridized carbons (Fsp3) is 0.250. The number of carbonyl (C=O) groups is 1. The van der Waals surface area contributed by atoms with E-state index in [2.05, 4.69) is 20.8 Å². The summed E-state index contributed by atoms with van der Waals surface area (Å²) in [5.74, 6) is -0.270. The molecule has 0 bridgehead atoms. The minimum Gasteiger partial charge on any atom is -0.380 e. The van der Waals surface area contributed by atoms with Crippen LogP contribution in [0.2, 0.25) is 0 Å². The molecule has 0 atom stereocenters. The van der Waals surface area contributed by atoms with Gasteiger partial charge in [0.1, 0.15) is 0 Å². The summed E-state index contributed by atoms with van der Waals surface area (Å²) in [7, 11) is 3.36. The van der Waals surface area contributed by atoms with E-state index in [0.717, 1.165) is 5.56 Å². The van der Waals surface area contributed by atoms with Crippen molar-refractivity contribution in [2.75, 3.05) is 24.8 Å². The van der Waals surface area contributed by atoms with Gasteiger partial charge >= 0.3 is 0 Å². The third-order valence-electron chi connectivity index (χ3n) is 2.33. The van der Waals surface area contributed by atoms with Gasteiger partial charge in [-0.3, -0.25) is 4.79 Å². The second-order valence-corrected chi connectivity index (χ2v) is 4.73. The maximum Gasteiger partial charge on any atom is 0.286 e.